The van der Waals surface area contributed by atoms with Gasteiger partial charge in [0.1, 0.15) is 24.7 Å². The summed E-state index contributed by atoms with van der Waals surface area (Å²) >= 11 is 0. The number of cyclic esters (lactones) is 1. The van der Waals surface area contributed by atoms with Gasteiger partial charge in [-0.3, -0.25) is 14.4 Å². The van der Waals surface area contributed by atoms with Gasteiger partial charge in [-0.2, -0.15) is 0 Å². The molecule has 0 saturated carbocycles. The van der Waals surface area contributed by atoms with Crippen LogP contribution in [0.1, 0.15) is 60.9 Å². The van der Waals surface area contributed by atoms with E-state index in [0.29, 0.717) is 109 Å². The van der Waals surface area contributed by atoms with Crippen LogP contribution in [0.2, 0.25) is 0 Å². The standard InChI is InChI=1S/C24H23N3O5.C20H34N2O6/c1-3-13-16-7-12(31-11-21(25)28)5-6-19(16)26-22-17(13)9-27-20(22)8-15-14(4-2)24(30)32-10-18(15)23(27)29;1-18(22)19-3-2-4-20(17-19)28-16-15-27-14-13-26-12-11-25-10-9-24-8-7-23-6-5-21/h5-8,14H,3-4,9-11H2,1-2H3,(H2,25,28);2-4,17,22H,5-16,21H2,1H3. The molecule has 0 radical (unpaired) electrons. The highest BCUT2D eigenvalue weighted by molar-refractivity contribution is 5.96. The second-order valence-electron chi connectivity index (χ2n) is 14.0. The monoisotopic (exact) mass is 831 g/mol. The Morgan fingerprint density at radius 3 is 2.07 bits per heavy atom. The molecule has 4 heterocycles. The average molecular weight is 832 g/mol. The Bertz CT molecular complexity index is 2140. The van der Waals surface area contributed by atoms with Gasteiger partial charge in [-0.05, 0) is 72.9 Å². The highest BCUT2D eigenvalue weighted by Crippen LogP contribution is 2.39. The molecule has 2 aromatic heterocycles. The fourth-order valence-electron chi connectivity index (χ4n) is 6.91. The van der Waals surface area contributed by atoms with Gasteiger partial charge in [0.05, 0.1) is 101 Å². The number of fused-ring (bicyclic) bond motifs is 5. The van der Waals surface area contributed by atoms with Gasteiger partial charge in [-0.15, -0.1) is 0 Å². The van der Waals surface area contributed by atoms with Crippen molar-refractivity contribution in [2.24, 2.45) is 11.5 Å². The zero-order valence-corrected chi connectivity index (χ0v) is 34.8. The van der Waals surface area contributed by atoms with Crippen LogP contribution in [0.3, 0.4) is 0 Å². The predicted molar refractivity (Wildman–Crippen MR) is 225 cm³/mol. The first-order chi connectivity index (χ1) is 29.2. The van der Waals surface area contributed by atoms with Crippen molar-refractivity contribution in [3.8, 4) is 22.9 Å². The van der Waals surface area contributed by atoms with Crippen LogP contribution in [-0.4, -0.2) is 113 Å². The Kier molecular flexibility index (Phi) is 18.0. The summed E-state index contributed by atoms with van der Waals surface area (Å²) in [5.41, 5.74) is 17.4. The SMILES string of the molecule is CC(=N)c1cccc(OCCOCCOCCOCCOCCOCCN)c1.CCc1c2c(nc3ccc(OCC(N)=O)cc13)-c1cc3c(c(=O)n1C2)COC(=O)C3CC. The van der Waals surface area contributed by atoms with E-state index in [1.807, 2.05) is 49.4 Å². The summed E-state index contributed by atoms with van der Waals surface area (Å²) in [5, 5.41) is 8.54. The van der Waals surface area contributed by atoms with E-state index in [0.717, 1.165) is 56.7 Å². The largest absolute Gasteiger partial charge is 0.491 e. The average Bonchev–Trinajstić information content (AvgIpc) is 3.61. The van der Waals surface area contributed by atoms with E-state index in [4.69, 9.17) is 59.8 Å². The van der Waals surface area contributed by atoms with Crippen LogP contribution < -0.4 is 26.5 Å². The number of esters is 1. The van der Waals surface area contributed by atoms with Gasteiger partial charge in [0, 0.05) is 23.2 Å². The first-order valence-corrected chi connectivity index (χ1v) is 20.3. The normalized spacial score (nSPS) is 13.8. The number of benzene rings is 2. The number of nitrogens with two attached hydrogens (primary N) is 2. The van der Waals surface area contributed by atoms with E-state index in [1.165, 1.54) is 0 Å². The minimum absolute atomic E-state index is 0.0106. The zero-order valence-electron chi connectivity index (χ0n) is 34.8. The van der Waals surface area contributed by atoms with Crippen LogP contribution in [0.25, 0.3) is 22.3 Å². The van der Waals surface area contributed by atoms with Crippen LogP contribution >= 0.6 is 0 Å². The number of ether oxygens (including phenoxy) is 8. The molecule has 2 aromatic carbocycles. The number of nitrogens with one attached hydrogen (secondary N) is 1. The summed E-state index contributed by atoms with van der Waals surface area (Å²) in [5.74, 6) is 0.0225. The van der Waals surface area contributed by atoms with Crippen molar-refractivity contribution in [3.05, 3.63) is 86.7 Å². The van der Waals surface area contributed by atoms with Gasteiger partial charge < -0.3 is 59.3 Å². The summed E-state index contributed by atoms with van der Waals surface area (Å²) in [6, 6.07) is 14.9. The number of hydrogen-bond donors (Lipinski definition) is 3. The Balaban J connectivity index is 0.000000230. The highest BCUT2D eigenvalue weighted by Gasteiger charge is 2.34. The first kappa shape index (κ1) is 45.8. The molecule has 0 fully saturated rings. The molecule has 16 nitrogen and oxygen atoms in total. The molecular formula is C44H57N5O11. The topological polar surface area (TPSA) is 219 Å². The van der Waals surface area contributed by atoms with E-state index in [2.05, 4.69) is 6.92 Å². The molecule has 16 heteroatoms. The molecule has 2 aliphatic rings. The Labute approximate surface area is 349 Å². The quantitative estimate of drug-likeness (QED) is 0.0457. The lowest BCUT2D eigenvalue weighted by Gasteiger charge is -2.24. The van der Waals surface area contributed by atoms with Gasteiger partial charge in [0.2, 0.25) is 0 Å². The molecule has 1 atom stereocenters. The molecule has 4 aromatic rings. The smallest absolute Gasteiger partial charge is 0.313 e. The lowest BCUT2D eigenvalue weighted by Crippen LogP contribution is -2.32. The second-order valence-corrected chi connectivity index (χ2v) is 14.0. The molecule has 1 unspecified atom stereocenters. The molecule has 60 heavy (non-hydrogen) atoms. The number of rotatable bonds is 24. The van der Waals surface area contributed by atoms with Crippen molar-refractivity contribution < 1.29 is 47.5 Å². The molecule has 5 N–H and O–H groups in total. The van der Waals surface area contributed by atoms with Crippen LogP contribution in [0.4, 0.5) is 0 Å². The fraction of sp³-hybridized carbons (Fsp3) is 0.477. The lowest BCUT2D eigenvalue weighted by molar-refractivity contribution is -0.148. The molecule has 0 spiro atoms. The predicted octanol–water partition coefficient (Wildman–Crippen LogP) is 3.90. The van der Waals surface area contributed by atoms with Gasteiger partial charge in [-0.1, -0.05) is 26.0 Å². The number of carbonyl (C=O) groups is 2. The molecule has 6 rings (SSSR count). The number of aryl methyl sites for hydroxylation is 1. The molecular weight excluding hydrogens is 775 g/mol. The molecule has 1 amide bonds. The third-order valence-electron chi connectivity index (χ3n) is 9.84. The van der Waals surface area contributed by atoms with E-state index < -0.39 is 11.8 Å². The molecule has 2 aliphatic heterocycles. The zero-order chi connectivity index (χ0) is 42.9. The van der Waals surface area contributed by atoms with Crippen molar-refractivity contribution in [1.82, 2.24) is 9.55 Å². The maximum Gasteiger partial charge on any atom is 0.313 e. The summed E-state index contributed by atoms with van der Waals surface area (Å²) in [7, 11) is 0. The van der Waals surface area contributed by atoms with Crippen LogP contribution in [0.15, 0.2) is 53.3 Å². The minimum Gasteiger partial charge on any atom is -0.491 e. The number of amides is 1. The first-order valence-electron chi connectivity index (χ1n) is 20.3. The summed E-state index contributed by atoms with van der Waals surface area (Å²) in [6.45, 7) is 12.2. The number of nitrogens with zero attached hydrogens (tertiary/aromatic N) is 2. The van der Waals surface area contributed by atoms with Crippen molar-refractivity contribution in [2.45, 2.75) is 52.7 Å². The third-order valence-corrected chi connectivity index (χ3v) is 9.84. The number of hydrogen-bond acceptors (Lipinski definition) is 14. The van der Waals surface area contributed by atoms with E-state index in [9.17, 15) is 14.4 Å². The van der Waals surface area contributed by atoms with E-state index in [1.54, 1.807) is 17.6 Å². The fourth-order valence-corrected chi connectivity index (χ4v) is 6.91. The van der Waals surface area contributed by atoms with Crippen LogP contribution in [0, 0.1) is 5.41 Å². The molecule has 0 aliphatic carbocycles. The van der Waals surface area contributed by atoms with Crippen molar-refractivity contribution in [1.29, 1.82) is 5.41 Å². The Morgan fingerprint density at radius 1 is 0.833 bits per heavy atom. The number of aromatic nitrogens is 2. The maximum atomic E-state index is 13.3. The van der Waals surface area contributed by atoms with Crippen LogP contribution in [-0.2, 0) is 57.6 Å². The van der Waals surface area contributed by atoms with Gasteiger partial charge in [0.25, 0.3) is 11.5 Å². The molecule has 0 bridgehead atoms. The minimum atomic E-state index is -0.542. The Morgan fingerprint density at radius 2 is 1.47 bits per heavy atom. The van der Waals surface area contributed by atoms with E-state index in [-0.39, 0.29) is 24.7 Å². The number of carbonyl (C=O) groups excluding carboxylic acids is 2. The summed E-state index contributed by atoms with van der Waals surface area (Å²) in [6.07, 6.45) is 1.31. The number of primary amides is 1. The van der Waals surface area contributed by atoms with Crippen LogP contribution in [0.5, 0.6) is 11.5 Å². The molecule has 0 saturated heterocycles. The van der Waals surface area contributed by atoms with Gasteiger partial charge >= 0.3 is 5.97 Å². The lowest BCUT2D eigenvalue weighted by atomic mass is 9.90. The van der Waals surface area contributed by atoms with Crippen molar-refractivity contribution in [3.63, 3.8) is 0 Å². The summed E-state index contributed by atoms with van der Waals surface area (Å²) < 4.78 is 44.9. The van der Waals surface area contributed by atoms with Crippen molar-refractivity contribution >= 4 is 28.5 Å². The van der Waals surface area contributed by atoms with Crippen molar-refractivity contribution in [2.75, 3.05) is 85.8 Å². The third kappa shape index (κ3) is 12.4. The van der Waals surface area contributed by atoms with Gasteiger partial charge in [0.15, 0.2) is 6.61 Å². The maximum absolute atomic E-state index is 13.3. The second kappa shape index (κ2) is 23.5. The number of pyridine rings is 2. The molecule has 324 valence electrons. The van der Waals surface area contributed by atoms with E-state index >= 15 is 0 Å². The summed E-state index contributed by atoms with van der Waals surface area (Å²) in [4.78, 5) is 41.5. The van der Waals surface area contributed by atoms with Gasteiger partial charge in [-0.25, -0.2) is 4.98 Å². The Hall–Kier alpha value is -5.23. The highest BCUT2D eigenvalue weighted by atomic mass is 16.6.